The van der Waals surface area contributed by atoms with Crippen molar-refractivity contribution in [2.24, 2.45) is 0 Å². The Balaban J connectivity index is 2.26. The summed E-state index contributed by atoms with van der Waals surface area (Å²) in [4.78, 5) is 13.5. The molecule has 0 radical (unpaired) electrons. The molecule has 1 fully saturated rings. The summed E-state index contributed by atoms with van der Waals surface area (Å²) < 4.78 is 38.9. The highest BCUT2D eigenvalue weighted by atomic mass is 35.5. The maximum atomic E-state index is 13.1. The predicted molar refractivity (Wildman–Crippen MR) is 61.1 cm³/mol. The molecule has 2 nitrogen and oxygen atoms in total. The minimum atomic E-state index is -1.57. The van der Waals surface area contributed by atoms with E-state index in [4.69, 9.17) is 11.6 Å². The average Bonchev–Trinajstić information content (AvgIpc) is 3.15. The van der Waals surface area contributed by atoms with Crippen LogP contribution in [0, 0.1) is 17.5 Å². The topological polar surface area (TPSA) is 20.3 Å². The Hall–Kier alpha value is -1.23. The van der Waals surface area contributed by atoms with Gasteiger partial charge in [-0.25, -0.2) is 13.2 Å². The second kappa shape index (κ2) is 5.18. The Labute approximate surface area is 107 Å². The Morgan fingerprint density at radius 3 is 2.28 bits per heavy atom. The monoisotopic (exact) mass is 277 g/mol. The number of halogens is 4. The average molecular weight is 278 g/mol. The fraction of sp³-hybridized carbons (Fsp3) is 0.417. The van der Waals surface area contributed by atoms with Gasteiger partial charge in [-0.1, -0.05) is 0 Å². The van der Waals surface area contributed by atoms with E-state index in [1.165, 1.54) is 4.90 Å². The predicted octanol–water partition coefficient (Wildman–Crippen LogP) is 2.95. The number of hydrogen-bond donors (Lipinski definition) is 0. The summed E-state index contributed by atoms with van der Waals surface area (Å²) in [6, 6.07) is 1.50. The molecule has 18 heavy (non-hydrogen) atoms. The van der Waals surface area contributed by atoms with Crippen molar-refractivity contribution in [1.29, 1.82) is 0 Å². The van der Waals surface area contributed by atoms with E-state index in [1.54, 1.807) is 0 Å². The minimum absolute atomic E-state index is 0.0763. The van der Waals surface area contributed by atoms with Gasteiger partial charge < -0.3 is 4.90 Å². The molecule has 0 aliphatic heterocycles. The lowest BCUT2D eigenvalue weighted by Crippen LogP contribution is -2.35. The maximum Gasteiger partial charge on any atom is 0.254 e. The molecule has 1 aromatic rings. The molecule has 6 heteroatoms. The first kappa shape index (κ1) is 13.2. The highest BCUT2D eigenvalue weighted by Crippen LogP contribution is 2.28. The number of nitrogens with zero attached hydrogens (tertiary/aromatic N) is 1. The van der Waals surface area contributed by atoms with Gasteiger partial charge in [0.25, 0.3) is 5.91 Å². The molecule has 0 unspecified atom stereocenters. The van der Waals surface area contributed by atoms with Gasteiger partial charge in [0.05, 0.1) is 0 Å². The van der Waals surface area contributed by atoms with Crippen LogP contribution in [0.3, 0.4) is 0 Å². The number of rotatable bonds is 4. The number of carbonyl (C=O) groups excluding carboxylic acids is 1. The van der Waals surface area contributed by atoms with Crippen molar-refractivity contribution >= 4 is 17.5 Å². The van der Waals surface area contributed by atoms with Gasteiger partial charge in [0.15, 0.2) is 17.5 Å². The van der Waals surface area contributed by atoms with Gasteiger partial charge in [-0.15, -0.1) is 11.6 Å². The summed E-state index contributed by atoms with van der Waals surface area (Å²) in [5.74, 6) is -4.56. The maximum absolute atomic E-state index is 13.1. The first-order valence-electron chi connectivity index (χ1n) is 5.56. The summed E-state index contributed by atoms with van der Waals surface area (Å²) >= 11 is 5.59. The van der Waals surface area contributed by atoms with Crippen LogP contribution in [0.2, 0.25) is 0 Å². The zero-order valence-electron chi connectivity index (χ0n) is 9.43. The van der Waals surface area contributed by atoms with E-state index in [1.807, 2.05) is 0 Å². The van der Waals surface area contributed by atoms with E-state index in [9.17, 15) is 18.0 Å². The van der Waals surface area contributed by atoms with Crippen LogP contribution in [0.1, 0.15) is 23.2 Å². The van der Waals surface area contributed by atoms with Gasteiger partial charge in [0.2, 0.25) is 0 Å². The third kappa shape index (κ3) is 2.61. The molecule has 0 N–H and O–H groups in total. The van der Waals surface area contributed by atoms with Crippen molar-refractivity contribution in [3.63, 3.8) is 0 Å². The summed E-state index contributed by atoms with van der Waals surface area (Å²) in [5, 5.41) is 0. The van der Waals surface area contributed by atoms with E-state index < -0.39 is 23.4 Å². The minimum Gasteiger partial charge on any atom is -0.334 e. The zero-order valence-corrected chi connectivity index (χ0v) is 10.2. The molecular weight excluding hydrogens is 267 g/mol. The molecule has 0 atom stereocenters. The fourth-order valence-corrected chi connectivity index (χ4v) is 1.95. The van der Waals surface area contributed by atoms with E-state index in [2.05, 4.69) is 0 Å². The van der Waals surface area contributed by atoms with Crippen molar-refractivity contribution in [1.82, 2.24) is 4.90 Å². The molecule has 0 spiro atoms. The SMILES string of the molecule is O=C(c1cc(F)c(F)c(F)c1)N(CCCl)C1CC1. The summed E-state index contributed by atoms with van der Waals surface area (Å²) in [6.07, 6.45) is 1.71. The van der Waals surface area contributed by atoms with Crippen molar-refractivity contribution < 1.29 is 18.0 Å². The smallest absolute Gasteiger partial charge is 0.254 e. The number of amides is 1. The lowest BCUT2D eigenvalue weighted by Gasteiger charge is -2.21. The Bertz CT molecular complexity index is 453. The molecule has 0 saturated heterocycles. The van der Waals surface area contributed by atoms with Crippen molar-refractivity contribution in [3.8, 4) is 0 Å². The second-order valence-corrected chi connectivity index (χ2v) is 4.55. The lowest BCUT2D eigenvalue weighted by atomic mass is 10.1. The van der Waals surface area contributed by atoms with Crippen LogP contribution in [0.5, 0.6) is 0 Å². The molecule has 98 valence electrons. The molecule has 1 aromatic carbocycles. The second-order valence-electron chi connectivity index (χ2n) is 4.17. The normalized spacial score (nSPS) is 14.7. The van der Waals surface area contributed by atoms with Gasteiger partial charge in [-0.3, -0.25) is 4.79 Å². The quantitative estimate of drug-likeness (QED) is 0.612. The van der Waals surface area contributed by atoms with Crippen molar-refractivity contribution in [2.75, 3.05) is 12.4 Å². The van der Waals surface area contributed by atoms with Crippen LogP contribution in [0.25, 0.3) is 0 Å². The molecule has 1 saturated carbocycles. The number of hydrogen-bond acceptors (Lipinski definition) is 1. The lowest BCUT2D eigenvalue weighted by molar-refractivity contribution is 0.0752. The Morgan fingerprint density at radius 2 is 1.83 bits per heavy atom. The largest absolute Gasteiger partial charge is 0.334 e. The fourth-order valence-electron chi connectivity index (χ4n) is 1.77. The molecule has 1 aliphatic rings. The standard InChI is InChI=1S/C12H11ClF3NO/c13-3-4-17(8-1-2-8)12(18)7-5-9(14)11(16)10(15)6-7/h5-6,8H,1-4H2. The molecule has 0 bridgehead atoms. The summed E-state index contributed by atoms with van der Waals surface area (Å²) in [5.41, 5.74) is -0.191. The highest BCUT2D eigenvalue weighted by Gasteiger charge is 2.33. The third-order valence-electron chi connectivity index (χ3n) is 2.80. The van der Waals surface area contributed by atoms with Gasteiger partial charge in [0, 0.05) is 24.0 Å². The zero-order chi connectivity index (χ0) is 13.3. The number of carbonyl (C=O) groups is 1. The molecule has 1 amide bonds. The first-order chi connectivity index (χ1) is 8.54. The van der Waals surface area contributed by atoms with Crippen LogP contribution in [0.4, 0.5) is 13.2 Å². The molecule has 1 aliphatic carbocycles. The van der Waals surface area contributed by atoms with E-state index in [0.29, 0.717) is 18.7 Å². The molecule has 0 aromatic heterocycles. The Kier molecular flexibility index (Phi) is 3.80. The number of alkyl halides is 1. The van der Waals surface area contributed by atoms with Gasteiger partial charge >= 0.3 is 0 Å². The van der Waals surface area contributed by atoms with E-state index in [0.717, 1.165) is 12.8 Å². The van der Waals surface area contributed by atoms with Crippen LogP contribution >= 0.6 is 11.6 Å². The van der Waals surface area contributed by atoms with Crippen LogP contribution in [0.15, 0.2) is 12.1 Å². The van der Waals surface area contributed by atoms with Crippen molar-refractivity contribution in [3.05, 3.63) is 35.1 Å². The third-order valence-corrected chi connectivity index (χ3v) is 2.97. The first-order valence-corrected chi connectivity index (χ1v) is 6.09. The highest BCUT2D eigenvalue weighted by molar-refractivity contribution is 6.18. The molecular formula is C12H11ClF3NO. The van der Waals surface area contributed by atoms with Gasteiger partial charge in [0.1, 0.15) is 0 Å². The van der Waals surface area contributed by atoms with Crippen LogP contribution in [-0.2, 0) is 0 Å². The van der Waals surface area contributed by atoms with Crippen LogP contribution in [-0.4, -0.2) is 29.3 Å². The molecule has 2 rings (SSSR count). The molecule has 0 heterocycles. The Morgan fingerprint density at radius 1 is 1.28 bits per heavy atom. The number of benzene rings is 1. The van der Waals surface area contributed by atoms with E-state index >= 15 is 0 Å². The van der Waals surface area contributed by atoms with Gasteiger partial charge in [-0.2, -0.15) is 0 Å². The van der Waals surface area contributed by atoms with Crippen molar-refractivity contribution in [2.45, 2.75) is 18.9 Å². The van der Waals surface area contributed by atoms with Gasteiger partial charge in [-0.05, 0) is 25.0 Å². The van der Waals surface area contributed by atoms with Crippen LogP contribution < -0.4 is 0 Å². The summed E-state index contributed by atoms with van der Waals surface area (Å²) in [6.45, 7) is 0.311. The van der Waals surface area contributed by atoms with E-state index in [-0.39, 0.29) is 17.5 Å². The summed E-state index contributed by atoms with van der Waals surface area (Å²) in [7, 11) is 0.